The number of hydrogen-bond acceptors (Lipinski definition) is 5. The van der Waals surface area contributed by atoms with Crippen LogP contribution in [0.3, 0.4) is 0 Å². The second-order valence-electron chi connectivity index (χ2n) is 6.86. The van der Waals surface area contributed by atoms with E-state index in [9.17, 15) is 0 Å². The number of imidazole rings is 1. The first-order valence-corrected chi connectivity index (χ1v) is 8.83. The summed E-state index contributed by atoms with van der Waals surface area (Å²) in [5, 5.41) is 0. The summed E-state index contributed by atoms with van der Waals surface area (Å²) in [4.78, 5) is 17.7. The van der Waals surface area contributed by atoms with Crippen molar-refractivity contribution in [2.75, 3.05) is 25.5 Å². The molecule has 0 amide bonds. The molecule has 0 aromatic carbocycles. The van der Waals surface area contributed by atoms with E-state index >= 15 is 0 Å². The van der Waals surface area contributed by atoms with Crippen LogP contribution in [0.5, 0.6) is 0 Å². The SMILES string of the molecule is Cc1nccn1CC[C@H]1CCCCN1Cc1cnc(N(C)C)nc1. The topological polar surface area (TPSA) is 50.1 Å². The van der Waals surface area contributed by atoms with Crippen molar-refractivity contribution in [3.8, 4) is 0 Å². The maximum atomic E-state index is 4.44. The van der Waals surface area contributed by atoms with Gasteiger partial charge in [-0.15, -0.1) is 0 Å². The van der Waals surface area contributed by atoms with Crippen LogP contribution in [0.15, 0.2) is 24.8 Å². The van der Waals surface area contributed by atoms with Gasteiger partial charge in [-0.25, -0.2) is 15.0 Å². The lowest BCUT2D eigenvalue weighted by atomic mass is 9.98. The summed E-state index contributed by atoms with van der Waals surface area (Å²) in [5.41, 5.74) is 1.20. The highest BCUT2D eigenvalue weighted by Gasteiger charge is 2.22. The summed E-state index contributed by atoms with van der Waals surface area (Å²) < 4.78 is 2.25. The maximum absolute atomic E-state index is 4.44. The minimum Gasteiger partial charge on any atom is -0.347 e. The van der Waals surface area contributed by atoms with Crippen LogP contribution in [0.4, 0.5) is 5.95 Å². The Morgan fingerprint density at radius 1 is 1.17 bits per heavy atom. The summed E-state index contributed by atoms with van der Waals surface area (Å²) in [5.74, 6) is 1.87. The van der Waals surface area contributed by atoms with Gasteiger partial charge in [0.1, 0.15) is 5.82 Å². The maximum Gasteiger partial charge on any atom is 0.224 e. The fourth-order valence-electron chi connectivity index (χ4n) is 3.42. The van der Waals surface area contributed by atoms with E-state index in [0.29, 0.717) is 6.04 Å². The van der Waals surface area contributed by atoms with Gasteiger partial charge in [0.25, 0.3) is 0 Å². The Kier molecular flexibility index (Phi) is 5.45. The monoisotopic (exact) mass is 328 g/mol. The van der Waals surface area contributed by atoms with Crippen LogP contribution in [0, 0.1) is 6.92 Å². The summed E-state index contributed by atoms with van der Waals surface area (Å²) in [6.07, 6.45) is 13.0. The average molecular weight is 328 g/mol. The van der Waals surface area contributed by atoms with E-state index in [0.717, 1.165) is 24.9 Å². The molecule has 1 fully saturated rings. The molecule has 0 aliphatic carbocycles. The molecule has 1 atom stereocenters. The Morgan fingerprint density at radius 3 is 2.62 bits per heavy atom. The quantitative estimate of drug-likeness (QED) is 0.815. The first kappa shape index (κ1) is 16.9. The van der Waals surface area contributed by atoms with Gasteiger partial charge in [0, 0.05) is 63.6 Å². The van der Waals surface area contributed by atoms with E-state index in [2.05, 4.69) is 37.5 Å². The zero-order valence-corrected chi connectivity index (χ0v) is 15.0. The summed E-state index contributed by atoms with van der Waals surface area (Å²) in [7, 11) is 3.93. The van der Waals surface area contributed by atoms with Gasteiger partial charge in [0.15, 0.2) is 0 Å². The minimum absolute atomic E-state index is 0.633. The molecule has 6 nitrogen and oxygen atoms in total. The van der Waals surface area contributed by atoms with Crippen LogP contribution in [0.2, 0.25) is 0 Å². The van der Waals surface area contributed by atoms with E-state index in [1.165, 1.54) is 37.8 Å². The van der Waals surface area contributed by atoms with E-state index in [4.69, 9.17) is 0 Å². The molecule has 0 N–H and O–H groups in total. The third-order valence-corrected chi connectivity index (χ3v) is 4.85. The second-order valence-corrected chi connectivity index (χ2v) is 6.86. The molecule has 3 heterocycles. The highest BCUT2D eigenvalue weighted by molar-refractivity contribution is 5.26. The molecule has 1 saturated heterocycles. The van der Waals surface area contributed by atoms with Crippen LogP contribution in [-0.2, 0) is 13.1 Å². The lowest BCUT2D eigenvalue weighted by Crippen LogP contribution is -2.39. The standard InChI is InChI=1S/C18H28N6/c1-15-19-8-11-23(15)10-7-17-6-4-5-9-24(17)14-16-12-20-18(21-13-16)22(2)3/h8,11-13,17H,4-7,9-10,14H2,1-3H3/t17-/m1/s1. The Morgan fingerprint density at radius 2 is 1.96 bits per heavy atom. The number of aromatic nitrogens is 4. The molecule has 1 aliphatic rings. The van der Waals surface area contributed by atoms with Gasteiger partial charge >= 0.3 is 0 Å². The smallest absolute Gasteiger partial charge is 0.224 e. The second kappa shape index (κ2) is 7.75. The Balaban J connectivity index is 1.60. The fraction of sp³-hybridized carbons (Fsp3) is 0.611. The number of aryl methyl sites for hydroxylation is 2. The molecule has 0 saturated carbocycles. The molecule has 1 aliphatic heterocycles. The minimum atomic E-state index is 0.633. The van der Waals surface area contributed by atoms with E-state index in [1.807, 2.05) is 37.6 Å². The zero-order valence-electron chi connectivity index (χ0n) is 15.0. The van der Waals surface area contributed by atoms with Gasteiger partial charge in [-0.2, -0.15) is 0 Å². The molecule has 130 valence electrons. The molecular formula is C18H28N6. The lowest BCUT2D eigenvalue weighted by molar-refractivity contribution is 0.128. The molecule has 0 radical (unpaired) electrons. The number of piperidine rings is 1. The van der Waals surface area contributed by atoms with Crippen molar-refractivity contribution in [1.29, 1.82) is 0 Å². The van der Waals surface area contributed by atoms with Crippen molar-refractivity contribution in [2.24, 2.45) is 0 Å². The van der Waals surface area contributed by atoms with Gasteiger partial charge < -0.3 is 9.47 Å². The first-order chi connectivity index (χ1) is 11.6. The highest BCUT2D eigenvalue weighted by atomic mass is 15.2. The van der Waals surface area contributed by atoms with Crippen molar-refractivity contribution in [3.05, 3.63) is 36.2 Å². The summed E-state index contributed by atoms with van der Waals surface area (Å²) in [6, 6.07) is 0.633. The molecule has 2 aromatic rings. The summed E-state index contributed by atoms with van der Waals surface area (Å²) >= 11 is 0. The number of hydrogen-bond donors (Lipinski definition) is 0. The van der Waals surface area contributed by atoms with Crippen LogP contribution >= 0.6 is 0 Å². The fourth-order valence-corrected chi connectivity index (χ4v) is 3.42. The molecule has 2 aromatic heterocycles. The average Bonchev–Trinajstić information content (AvgIpc) is 3.00. The van der Waals surface area contributed by atoms with E-state index in [-0.39, 0.29) is 0 Å². The van der Waals surface area contributed by atoms with Crippen LogP contribution in [-0.4, -0.2) is 51.1 Å². The number of nitrogens with zero attached hydrogens (tertiary/aromatic N) is 6. The van der Waals surface area contributed by atoms with Crippen LogP contribution in [0.25, 0.3) is 0 Å². The number of anilines is 1. The molecule has 0 unspecified atom stereocenters. The van der Waals surface area contributed by atoms with Crippen molar-refractivity contribution >= 4 is 5.95 Å². The molecule has 0 bridgehead atoms. The van der Waals surface area contributed by atoms with Crippen molar-refractivity contribution in [1.82, 2.24) is 24.4 Å². The Hall–Kier alpha value is -1.95. The van der Waals surface area contributed by atoms with Crippen molar-refractivity contribution in [3.63, 3.8) is 0 Å². The van der Waals surface area contributed by atoms with Gasteiger partial charge in [0.05, 0.1) is 0 Å². The third-order valence-electron chi connectivity index (χ3n) is 4.85. The van der Waals surface area contributed by atoms with E-state index < -0.39 is 0 Å². The molecule has 0 spiro atoms. The van der Waals surface area contributed by atoms with Crippen LogP contribution in [0.1, 0.15) is 37.1 Å². The first-order valence-electron chi connectivity index (χ1n) is 8.83. The third kappa shape index (κ3) is 4.12. The Labute approximate surface area is 144 Å². The molecule has 6 heteroatoms. The largest absolute Gasteiger partial charge is 0.347 e. The predicted molar refractivity (Wildman–Crippen MR) is 96.0 cm³/mol. The van der Waals surface area contributed by atoms with Gasteiger partial charge in [-0.3, -0.25) is 4.90 Å². The highest BCUT2D eigenvalue weighted by Crippen LogP contribution is 2.22. The van der Waals surface area contributed by atoms with Crippen molar-refractivity contribution in [2.45, 2.75) is 51.7 Å². The molecule has 24 heavy (non-hydrogen) atoms. The van der Waals surface area contributed by atoms with Gasteiger partial charge in [-0.1, -0.05) is 6.42 Å². The summed E-state index contributed by atoms with van der Waals surface area (Å²) in [6.45, 7) is 5.23. The molecule has 3 rings (SSSR count). The van der Waals surface area contributed by atoms with E-state index in [1.54, 1.807) is 0 Å². The normalized spacial score (nSPS) is 18.7. The molecular weight excluding hydrogens is 300 g/mol. The number of rotatable bonds is 6. The predicted octanol–water partition coefficient (Wildman–Crippen LogP) is 2.49. The van der Waals surface area contributed by atoms with Gasteiger partial charge in [-0.05, 0) is 32.7 Å². The van der Waals surface area contributed by atoms with Crippen molar-refractivity contribution < 1.29 is 0 Å². The Bertz CT molecular complexity index is 633. The van der Waals surface area contributed by atoms with Crippen LogP contribution < -0.4 is 4.90 Å². The zero-order chi connectivity index (χ0) is 16.9. The number of likely N-dealkylation sites (tertiary alicyclic amines) is 1. The van der Waals surface area contributed by atoms with Gasteiger partial charge in [0.2, 0.25) is 5.95 Å². The lowest BCUT2D eigenvalue weighted by Gasteiger charge is -2.36.